The molecule has 29 heavy (non-hydrogen) atoms. The molecule has 5 heteroatoms. The Hall–Kier alpha value is -1.78. The van der Waals surface area contributed by atoms with E-state index in [1.54, 1.807) is 20.8 Å². The predicted octanol–water partition coefficient (Wildman–Crippen LogP) is 7.52. The van der Waals surface area contributed by atoms with Crippen LogP contribution in [0.15, 0.2) is 23.3 Å². The minimum absolute atomic E-state index is 0.270. The van der Waals surface area contributed by atoms with Crippen LogP contribution in [0.5, 0.6) is 0 Å². The monoisotopic (exact) mass is 415 g/mol. The molecule has 0 saturated carbocycles. The average Bonchev–Trinajstić information content (AvgIpc) is 2.65. The van der Waals surface area contributed by atoms with E-state index in [2.05, 4.69) is 19.2 Å². The summed E-state index contributed by atoms with van der Waals surface area (Å²) in [5.74, 6) is -1.06. The second kappa shape index (κ2) is 22.5. The summed E-state index contributed by atoms with van der Waals surface area (Å²) >= 11 is 0. The van der Waals surface area contributed by atoms with E-state index in [1.807, 2.05) is 60.6 Å². The molecule has 1 aliphatic rings. The quantitative estimate of drug-likeness (QED) is 0.498. The van der Waals surface area contributed by atoms with Gasteiger partial charge in [-0.2, -0.15) is 0 Å². The van der Waals surface area contributed by atoms with Crippen molar-refractivity contribution in [1.82, 2.24) is 5.32 Å². The summed E-state index contributed by atoms with van der Waals surface area (Å²) in [4.78, 5) is 22.9. The number of ether oxygens (including phenoxy) is 1. The number of carbonyl (C=O) groups excluding carboxylic acids is 1. The van der Waals surface area contributed by atoms with Gasteiger partial charge in [0.15, 0.2) is 0 Å². The maximum absolute atomic E-state index is 11.6. The normalized spacial score (nSPS) is 12.8. The van der Waals surface area contributed by atoms with Gasteiger partial charge >= 0.3 is 12.1 Å². The van der Waals surface area contributed by atoms with Crippen molar-refractivity contribution in [3.05, 3.63) is 23.3 Å². The van der Waals surface area contributed by atoms with Gasteiger partial charge in [0.25, 0.3) is 0 Å². The van der Waals surface area contributed by atoms with Gasteiger partial charge in [0.1, 0.15) is 11.6 Å². The second-order valence-corrected chi connectivity index (χ2v) is 6.76. The minimum atomic E-state index is -1.06. The SMILES string of the molecule is CC.CC.CC.CC1=CC(CC(NC(=O)OC(C)(C)C)C(=O)O)=CCC1.CCC. The van der Waals surface area contributed by atoms with E-state index in [0.717, 1.165) is 18.4 Å². The van der Waals surface area contributed by atoms with Crippen LogP contribution in [0, 0.1) is 0 Å². The molecule has 0 aliphatic heterocycles. The summed E-state index contributed by atoms with van der Waals surface area (Å²) < 4.78 is 5.08. The van der Waals surface area contributed by atoms with E-state index >= 15 is 0 Å². The fourth-order valence-corrected chi connectivity index (χ4v) is 1.96. The van der Waals surface area contributed by atoms with Gasteiger partial charge < -0.3 is 15.2 Å². The van der Waals surface area contributed by atoms with Crippen LogP contribution < -0.4 is 5.32 Å². The van der Waals surface area contributed by atoms with Gasteiger partial charge in [-0.15, -0.1) is 0 Å². The molecule has 1 atom stereocenters. The largest absolute Gasteiger partial charge is 0.480 e. The number of hydrogen-bond donors (Lipinski definition) is 2. The van der Waals surface area contributed by atoms with Crippen molar-refractivity contribution in [3.63, 3.8) is 0 Å². The van der Waals surface area contributed by atoms with Crippen molar-refractivity contribution in [2.45, 2.75) is 120 Å². The summed E-state index contributed by atoms with van der Waals surface area (Å²) in [6, 6.07) is -0.974. The van der Waals surface area contributed by atoms with E-state index < -0.39 is 23.7 Å². The van der Waals surface area contributed by atoms with Gasteiger partial charge in [-0.1, -0.05) is 79.5 Å². The maximum atomic E-state index is 11.6. The molecule has 0 aromatic carbocycles. The average molecular weight is 416 g/mol. The first-order chi connectivity index (χ1) is 13.6. The van der Waals surface area contributed by atoms with E-state index in [-0.39, 0.29) is 6.42 Å². The highest BCUT2D eigenvalue weighted by Crippen LogP contribution is 2.20. The molecule has 0 aromatic heterocycles. The van der Waals surface area contributed by atoms with Crippen molar-refractivity contribution in [2.75, 3.05) is 0 Å². The Morgan fingerprint density at radius 3 is 1.90 bits per heavy atom. The van der Waals surface area contributed by atoms with E-state index in [9.17, 15) is 14.7 Å². The number of amides is 1. The molecule has 1 aliphatic carbocycles. The summed E-state index contributed by atoms with van der Waals surface area (Å²) in [5, 5.41) is 11.6. The van der Waals surface area contributed by atoms with Gasteiger partial charge in [0, 0.05) is 6.42 Å². The Kier molecular flexibility index (Phi) is 26.9. The van der Waals surface area contributed by atoms with Crippen LogP contribution in [0.25, 0.3) is 0 Å². The second-order valence-electron chi connectivity index (χ2n) is 6.76. The van der Waals surface area contributed by atoms with Crippen LogP contribution in [-0.4, -0.2) is 28.8 Å². The number of rotatable bonds is 4. The Morgan fingerprint density at radius 1 is 1.10 bits per heavy atom. The Morgan fingerprint density at radius 2 is 1.55 bits per heavy atom. The Labute approximate surface area is 181 Å². The topological polar surface area (TPSA) is 75.6 Å². The predicted molar refractivity (Wildman–Crippen MR) is 126 cm³/mol. The van der Waals surface area contributed by atoms with Crippen molar-refractivity contribution in [1.29, 1.82) is 0 Å². The van der Waals surface area contributed by atoms with Crippen molar-refractivity contribution >= 4 is 12.1 Å². The molecular weight excluding hydrogens is 366 g/mol. The van der Waals surface area contributed by atoms with E-state index in [1.165, 1.54) is 12.0 Å². The first kappa shape index (κ1) is 34.7. The zero-order chi connectivity index (χ0) is 24.0. The molecular formula is C24H49NO4. The zero-order valence-electron chi connectivity index (χ0n) is 21.2. The molecule has 1 rings (SSSR count). The first-order valence-electron chi connectivity index (χ1n) is 11.2. The summed E-state index contributed by atoms with van der Waals surface area (Å²) in [7, 11) is 0. The Bertz CT molecular complexity index is 460. The highest BCUT2D eigenvalue weighted by molar-refractivity contribution is 5.80. The highest BCUT2D eigenvalue weighted by atomic mass is 16.6. The molecule has 0 bridgehead atoms. The number of hydrogen-bond acceptors (Lipinski definition) is 3. The summed E-state index contributed by atoms with van der Waals surface area (Å²) in [5.41, 5.74) is 1.52. The molecule has 5 nitrogen and oxygen atoms in total. The number of alkyl carbamates (subject to hydrolysis) is 1. The van der Waals surface area contributed by atoms with Gasteiger partial charge in [-0.25, -0.2) is 9.59 Å². The lowest BCUT2D eigenvalue weighted by molar-refractivity contribution is -0.139. The molecule has 0 heterocycles. The smallest absolute Gasteiger partial charge is 0.408 e. The van der Waals surface area contributed by atoms with Crippen LogP contribution in [0.2, 0.25) is 0 Å². The van der Waals surface area contributed by atoms with Crippen LogP contribution >= 0.6 is 0 Å². The number of allylic oxidation sites excluding steroid dienone is 3. The van der Waals surface area contributed by atoms with Crippen molar-refractivity contribution < 1.29 is 19.4 Å². The van der Waals surface area contributed by atoms with Crippen molar-refractivity contribution in [3.8, 4) is 0 Å². The number of carboxylic acid groups (broad SMARTS) is 1. The molecule has 0 saturated heterocycles. The maximum Gasteiger partial charge on any atom is 0.408 e. The Balaban J connectivity index is -0.000000301. The standard InChI is InChI=1S/C15H23NO4.C3H8.3C2H6/c1-10-6-5-7-11(8-10)9-12(13(17)18)16-14(19)20-15(2,3)4;1-3-2;3*1-2/h7-8,12H,5-6,9H2,1-4H3,(H,16,19)(H,17,18);3H2,1-2H3;3*1-2H3. The van der Waals surface area contributed by atoms with E-state index in [0.29, 0.717) is 0 Å². The molecule has 0 spiro atoms. The van der Waals surface area contributed by atoms with Crippen LogP contribution in [0.1, 0.15) is 109 Å². The molecule has 0 aromatic rings. The van der Waals surface area contributed by atoms with Crippen molar-refractivity contribution in [2.24, 2.45) is 0 Å². The molecule has 174 valence electrons. The third-order valence-corrected chi connectivity index (χ3v) is 2.81. The zero-order valence-corrected chi connectivity index (χ0v) is 21.2. The number of nitrogens with one attached hydrogen (secondary N) is 1. The van der Waals surface area contributed by atoms with Gasteiger partial charge in [0.05, 0.1) is 0 Å². The summed E-state index contributed by atoms with van der Waals surface area (Å²) in [6.45, 7) is 23.5. The van der Waals surface area contributed by atoms with Crippen LogP contribution in [0.4, 0.5) is 4.79 Å². The van der Waals surface area contributed by atoms with E-state index in [4.69, 9.17) is 4.74 Å². The summed E-state index contributed by atoms with van der Waals surface area (Å²) in [6.07, 6.45) is 6.72. The van der Waals surface area contributed by atoms with Gasteiger partial charge in [0.2, 0.25) is 0 Å². The van der Waals surface area contributed by atoms with Gasteiger partial charge in [-0.3, -0.25) is 0 Å². The highest BCUT2D eigenvalue weighted by Gasteiger charge is 2.24. The molecule has 1 amide bonds. The van der Waals surface area contributed by atoms with Crippen LogP contribution in [0.3, 0.4) is 0 Å². The molecule has 1 unspecified atom stereocenters. The minimum Gasteiger partial charge on any atom is -0.480 e. The van der Waals surface area contributed by atoms with Gasteiger partial charge in [-0.05, 0) is 46.1 Å². The lowest BCUT2D eigenvalue weighted by Crippen LogP contribution is -2.43. The fourth-order valence-electron chi connectivity index (χ4n) is 1.96. The molecule has 0 fully saturated rings. The fraction of sp³-hybridized carbons (Fsp3) is 0.750. The van der Waals surface area contributed by atoms with Crippen LogP contribution in [-0.2, 0) is 9.53 Å². The molecule has 2 N–H and O–H groups in total. The number of carboxylic acids is 1. The first-order valence-corrected chi connectivity index (χ1v) is 11.2. The third kappa shape index (κ3) is 24.2. The lowest BCUT2D eigenvalue weighted by atomic mass is 9.96. The number of carbonyl (C=O) groups is 2. The molecule has 0 radical (unpaired) electrons. The number of aliphatic carboxylic acids is 1. The third-order valence-electron chi connectivity index (χ3n) is 2.81. The lowest BCUT2D eigenvalue weighted by Gasteiger charge is -2.22.